The van der Waals surface area contributed by atoms with Gasteiger partial charge in [0.2, 0.25) is 0 Å². The van der Waals surface area contributed by atoms with Crippen molar-refractivity contribution in [3.05, 3.63) is 34.4 Å². The lowest BCUT2D eigenvalue weighted by atomic mass is 9.85. The highest BCUT2D eigenvalue weighted by molar-refractivity contribution is 5.42. The van der Waals surface area contributed by atoms with Crippen LogP contribution in [0.5, 0.6) is 0 Å². The summed E-state index contributed by atoms with van der Waals surface area (Å²) in [5, 5.41) is 0. The van der Waals surface area contributed by atoms with Gasteiger partial charge in [0, 0.05) is 0 Å². The zero-order valence-corrected chi connectivity index (χ0v) is 15.9. The van der Waals surface area contributed by atoms with Crippen LogP contribution in [-0.2, 0) is 0 Å². The molecule has 0 heteroatoms. The van der Waals surface area contributed by atoms with Gasteiger partial charge in [-0.15, -0.1) is 0 Å². The fourth-order valence-corrected chi connectivity index (χ4v) is 2.32. The Kier molecular flexibility index (Phi) is 11.8. The quantitative estimate of drug-likeness (QED) is 0.539. The third-order valence-electron chi connectivity index (χ3n) is 3.42. The topological polar surface area (TPSA) is 0 Å². The molecule has 0 radical (unpaired) electrons. The Morgan fingerprint density at radius 1 is 0.600 bits per heavy atom. The van der Waals surface area contributed by atoms with Gasteiger partial charge < -0.3 is 0 Å². The van der Waals surface area contributed by atoms with Gasteiger partial charge >= 0.3 is 0 Å². The molecule has 1 rings (SSSR count). The minimum absolute atomic E-state index is 0.621. The molecule has 0 N–H and O–H groups in total. The first kappa shape index (κ1) is 21.5. The van der Waals surface area contributed by atoms with Gasteiger partial charge in [0.1, 0.15) is 0 Å². The van der Waals surface area contributed by atoms with E-state index in [4.69, 9.17) is 0 Å². The minimum Gasteiger partial charge on any atom is -0.0683 e. The molecule has 0 unspecified atom stereocenters. The minimum atomic E-state index is 0.621. The Morgan fingerprint density at radius 2 is 0.900 bits per heavy atom. The van der Waals surface area contributed by atoms with Crippen molar-refractivity contribution in [3.63, 3.8) is 0 Å². The molecule has 0 aliphatic rings. The van der Waals surface area contributed by atoms with Crippen molar-refractivity contribution in [2.45, 2.75) is 93.9 Å². The normalized spacial score (nSPS) is 10.1. The van der Waals surface area contributed by atoms with Gasteiger partial charge in [0.05, 0.1) is 0 Å². The van der Waals surface area contributed by atoms with Gasteiger partial charge in [0.15, 0.2) is 0 Å². The van der Waals surface area contributed by atoms with E-state index in [-0.39, 0.29) is 0 Å². The van der Waals surface area contributed by atoms with Crippen molar-refractivity contribution >= 4 is 0 Å². The molecule has 0 bridgehead atoms. The first-order valence-corrected chi connectivity index (χ1v) is 8.48. The summed E-state index contributed by atoms with van der Waals surface area (Å²) in [6.45, 7) is 24.0. The SMILES string of the molecule is CC.CC.Cc1c(C(C)C)cc(C(C)C)cc1C(C)C. The van der Waals surface area contributed by atoms with Gasteiger partial charge in [-0.1, -0.05) is 81.4 Å². The van der Waals surface area contributed by atoms with E-state index in [0.717, 1.165) is 0 Å². The molecule has 0 aromatic heterocycles. The Balaban J connectivity index is 0. The highest BCUT2D eigenvalue weighted by Gasteiger charge is 2.13. The van der Waals surface area contributed by atoms with Crippen LogP contribution in [0.15, 0.2) is 12.1 Å². The molecular weight excluding hydrogens is 240 g/mol. The summed E-state index contributed by atoms with van der Waals surface area (Å²) in [4.78, 5) is 0. The summed E-state index contributed by atoms with van der Waals surface area (Å²) in [6.07, 6.45) is 0. The third-order valence-corrected chi connectivity index (χ3v) is 3.42. The van der Waals surface area contributed by atoms with Crippen LogP contribution in [0.25, 0.3) is 0 Å². The maximum atomic E-state index is 2.40. The first-order chi connectivity index (χ1) is 9.34. The number of hydrogen-bond acceptors (Lipinski definition) is 0. The summed E-state index contributed by atoms with van der Waals surface area (Å²) < 4.78 is 0. The summed E-state index contributed by atoms with van der Waals surface area (Å²) in [5.41, 5.74) is 6.03. The van der Waals surface area contributed by atoms with E-state index >= 15 is 0 Å². The van der Waals surface area contributed by atoms with Crippen LogP contribution in [-0.4, -0.2) is 0 Å². The monoisotopic (exact) mass is 278 g/mol. The van der Waals surface area contributed by atoms with Gasteiger partial charge in [-0.05, 0) is 46.9 Å². The second-order valence-corrected chi connectivity index (χ2v) is 5.79. The first-order valence-electron chi connectivity index (χ1n) is 8.48. The standard InChI is InChI=1S/C16H26.2C2H6/c1-10(2)14-8-15(11(3)4)13(7)16(9-14)12(5)6;2*1-2/h8-12H,1-7H3;2*1-2H3. The molecule has 20 heavy (non-hydrogen) atoms. The van der Waals surface area contributed by atoms with Crippen molar-refractivity contribution in [1.82, 2.24) is 0 Å². The number of rotatable bonds is 3. The maximum Gasteiger partial charge on any atom is -0.0216 e. The van der Waals surface area contributed by atoms with E-state index in [1.807, 2.05) is 27.7 Å². The van der Waals surface area contributed by atoms with Gasteiger partial charge in [0.25, 0.3) is 0 Å². The van der Waals surface area contributed by atoms with E-state index in [2.05, 4.69) is 60.6 Å². The third kappa shape index (κ3) is 6.11. The molecule has 0 amide bonds. The molecule has 118 valence electrons. The van der Waals surface area contributed by atoms with Crippen molar-refractivity contribution in [2.75, 3.05) is 0 Å². The number of benzene rings is 1. The molecule has 1 aromatic carbocycles. The molecule has 0 heterocycles. The average molecular weight is 279 g/mol. The van der Waals surface area contributed by atoms with E-state index in [1.165, 1.54) is 22.3 Å². The van der Waals surface area contributed by atoms with Gasteiger partial charge in [-0.3, -0.25) is 0 Å². The van der Waals surface area contributed by atoms with E-state index in [9.17, 15) is 0 Å². The van der Waals surface area contributed by atoms with Crippen LogP contribution in [0.1, 0.15) is 109 Å². The van der Waals surface area contributed by atoms with Crippen LogP contribution in [0.3, 0.4) is 0 Å². The van der Waals surface area contributed by atoms with Crippen molar-refractivity contribution in [1.29, 1.82) is 0 Å². The lowest BCUT2D eigenvalue weighted by Gasteiger charge is -2.20. The summed E-state index contributed by atoms with van der Waals surface area (Å²) in [6, 6.07) is 4.80. The molecule has 0 nitrogen and oxygen atoms in total. The Bertz CT molecular complexity index is 327. The van der Waals surface area contributed by atoms with E-state index in [1.54, 1.807) is 0 Å². The van der Waals surface area contributed by atoms with Crippen LogP contribution in [0, 0.1) is 6.92 Å². The van der Waals surface area contributed by atoms with Crippen LogP contribution >= 0.6 is 0 Å². The summed E-state index contributed by atoms with van der Waals surface area (Å²) in [7, 11) is 0. The zero-order chi connectivity index (χ0) is 16.5. The smallest absolute Gasteiger partial charge is 0.0216 e. The highest BCUT2D eigenvalue weighted by Crippen LogP contribution is 2.31. The summed E-state index contributed by atoms with van der Waals surface area (Å²) in [5.74, 6) is 1.86. The van der Waals surface area contributed by atoms with Crippen LogP contribution in [0.4, 0.5) is 0 Å². The molecule has 0 spiro atoms. The second kappa shape index (κ2) is 10.9. The average Bonchev–Trinajstić information content (AvgIpc) is 2.42. The zero-order valence-electron chi connectivity index (χ0n) is 15.9. The van der Waals surface area contributed by atoms with Gasteiger partial charge in [-0.2, -0.15) is 0 Å². The molecule has 1 aromatic rings. The Morgan fingerprint density at radius 3 is 1.10 bits per heavy atom. The second-order valence-electron chi connectivity index (χ2n) is 5.79. The van der Waals surface area contributed by atoms with Gasteiger partial charge in [-0.25, -0.2) is 0 Å². The lowest BCUT2D eigenvalue weighted by Crippen LogP contribution is -2.03. The fraction of sp³-hybridized carbons (Fsp3) is 0.700. The van der Waals surface area contributed by atoms with Crippen LogP contribution < -0.4 is 0 Å². The number of hydrogen-bond donors (Lipinski definition) is 0. The van der Waals surface area contributed by atoms with Crippen LogP contribution in [0.2, 0.25) is 0 Å². The van der Waals surface area contributed by atoms with E-state index < -0.39 is 0 Å². The Hall–Kier alpha value is -0.780. The summed E-state index contributed by atoms with van der Waals surface area (Å²) >= 11 is 0. The Labute approximate surface area is 129 Å². The van der Waals surface area contributed by atoms with Crippen molar-refractivity contribution in [2.24, 2.45) is 0 Å². The predicted molar refractivity (Wildman–Crippen MR) is 96.1 cm³/mol. The van der Waals surface area contributed by atoms with Crippen molar-refractivity contribution < 1.29 is 0 Å². The highest BCUT2D eigenvalue weighted by atomic mass is 14.2. The van der Waals surface area contributed by atoms with Crippen molar-refractivity contribution in [3.8, 4) is 0 Å². The fourth-order valence-electron chi connectivity index (χ4n) is 2.32. The molecule has 0 aliphatic heterocycles. The molecule has 0 fully saturated rings. The largest absolute Gasteiger partial charge is 0.0683 e. The maximum absolute atomic E-state index is 2.40. The molecule has 0 atom stereocenters. The molecule has 0 saturated carbocycles. The van der Waals surface area contributed by atoms with E-state index in [0.29, 0.717) is 17.8 Å². The lowest BCUT2D eigenvalue weighted by molar-refractivity contribution is 0.792. The predicted octanol–water partition coefficient (Wildman–Crippen LogP) is 7.42. The molecular formula is C20H38. The molecule has 0 aliphatic carbocycles. The molecule has 0 saturated heterocycles.